The van der Waals surface area contributed by atoms with Crippen LogP contribution in [-0.2, 0) is 28.0 Å². The summed E-state index contributed by atoms with van der Waals surface area (Å²) < 4.78 is 0. The number of hydrogen-bond acceptors (Lipinski definition) is 4. The van der Waals surface area contributed by atoms with Gasteiger partial charge in [-0.05, 0) is 31.4 Å². The van der Waals surface area contributed by atoms with Crippen LogP contribution in [0.5, 0.6) is 0 Å². The third-order valence-electron chi connectivity index (χ3n) is 5.91. The molecular formula is C20H25N5O2. The van der Waals surface area contributed by atoms with Crippen LogP contribution < -0.4 is 0 Å². The van der Waals surface area contributed by atoms with E-state index < -0.39 is 0 Å². The maximum atomic E-state index is 12.6. The van der Waals surface area contributed by atoms with Crippen LogP contribution in [0.25, 0.3) is 0 Å². The fourth-order valence-corrected chi connectivity index (χ4v) is 4.51. The van der Waals surface area contributed by atoms with Crippen molar-refractivity contribution < 1.29 is 9.59 Å². The molecule has 0 bridgehead atoms. The zero-order valence-corrected chi connectivity index (χ0v) is 15.6. The monoisotopic (exact) mass is 367 g/mol. The molecule has 2 amide bonds. The molecule has 7 heteroatoms. The van der Waals surface area contributed by atoms with Crippen molar-refractivity contribution in [3.05, 3.63) is 47.8 Å². The fourth-order valence-electron chi connectivity index (χ4n) is 4.51. The number of carbonyl (C=O) groups is 2. The van der Waals surface area contributed by atoms with E-state index in [1.54, 1.807) is 19.4 Å². The molecule has 4 rings (SSSR count). The second-order valence-electron chi connectivity index (χ2n) is 7.38. The molecule has 1 fully saturated rings. The molecule has 1 spiro atoms. The number of rotatable bonds is 3. The number of amides is 2. The molecule has 0 unspecified atom stereocenters. The first kappa shape index (κ1) is 17.7. The molecule has 7 nitrogen and oxygen atoms in total. The summed E-state index contributed by atoms with van der Waals surface area (Å²) in [6.07, 6.45) is 6.88. The van der Waals surface area contributed by atoms with Gasteiger partial charge in [0.05, 0.1) is 17.6 Å². The zero-order chi connectivity index (χ0) is 18.9. The van der Waals surface area contributed by atoms with E-state index in [4.69, 9.17) is 0 Å². The molecule has 0 radical (unpaired) electrons. The number of hydrogen-bond donors (Lipinski definition) is 1. The van der Waals surface area contributed by atoms with Crippen molar-refractivity contribution in [3.8, 4) is 0 Å². The van der Waals surface area contributed by atoms with Crippen molar-refractivity contribution in [3.63, 3.8) is 0 Å². The smallest absolute Gasteiger partial charge is 0.222 e. The third-order valence-corrected chi connectivity index (χ3v) is 5.91. The molecule has 2 aliphatic rings. The van der Waals surface area contributed by atoms with Crippen LogP contribution in [0.2, 0.25) is 0 Å². The summed E-state index contributed by atoms with van der Waals surface area (Å²) in [6, 6.07) is 5.77. The summed E-state index contributed by atoms with van der Waals surface area (Å²) in [6.45, 7) is 3.64. The molecule has 142 valence electrons. The average Bonchev–Trinajstić information content (AvgIpc) is 3.18. The maximum Gasteiger partial charge on any atom is 0.222 e. The Morgan fingerprint density at radius 3 is 2.70 bits per heavy atom. The van der Waals surface area contributed by atoms with Gasteiger partial charge in [0.1, 0.15) is 0 Å². The average molecular weight is 367 g/mol. The molecule has 2 aromatic rings. The number of pyridine rings is 1. The molecule has 0 saturated carbocycles. The lowest BCUT2D eigenvalue weighted by Crippen LogP contribution is -2.58. The lowest BCUT2D eigenvalue weighted by Gasteiger charge is -2.50. The fraction of sp³-hybridized carbons (Fsp3) is 0.500. The van der Waals surface area contributed by atoms with Crippen LogP contribution in [0.1, 0.15) is 43.3 Å². The first-order valence-corrected chi connectivity index (χ1v) is 9.59. The topological polar surface area (TPSA) is 82.2 Å². The van der Waals surface area contributed by atoms with Gasteiger partial charge >= 0.3 is 0 Å². The van der Waals surface area contributed by atoms with E-state index in [1.165, 1.54) is 0 Å². The molecule has 0 aliphatic carbocycles. The van der Waals surface area contributed by atoms with E-state index in [-0.39, 0.29) is 17.4 Å². The molecular weight excluding hydrogens is 342 g/mol. The highest BCUT2D eigenvalue weighted by Crippen LogP contribution is 2.42. The van der Waals surface area contributed by atoms with Crippen molar-refractivity contribution in [1.82, 2.24) is 24.8 Å². The Morgan fingerprint density at radius 1 is 1.19 bits per heavy atom. The normalized spacial score (nSPS) is 18.4. The van der Waals surface area contributed by atoms with Gasteiger partial charge in [-0.1, -0.05) is 6.07 Å². The minimum atomic E-state index is -0.378. The second-order valence-corrected chi connectivity index (χ2v) is 7.38. The lowest BCUT2D eigenvalue weighted by molar-refractivity contribution is -0.142. The summed E-state index contributed by atoms with van der Waals surface area (Å²) in [5.74, 6) is 0.238. The SMILES string of the molecule is CC(=O)N1CCc2[nH]cnc2C12CCN(C(=O)CCc1ccccn1)CC2. The quantitative estimate of drug-likeness (QED) is 0.894. The highest BCUT2D eigenvalue weighted by molar-refractivity contribution is 5.77. The first-order chi connectivity index (χ1) is 13.1. The van der Waals surface area contributed by atoms with Crippen molar-refractivity contribution in [2.45, 2.75) is 44.6 Å². The number of H-pyrrole nitrogens is 1. The van der Waals surface area contributed by atoms with Crippen molar-refractivity contribution >= 4 is 11.8 Å². The van der Waals surface area contributed by atoms with Gasteiger partial charge in [0.25, 0.3) is 0 Å². The Labute approximate surface area is 158 Å². The molecule has 2 aromatic heterocycles. The van der Waals surface area contributed by atoms with Crippen molar-refractivity contribution in [2.24, 2.45) is 0 Å². The van der Waals surface area contributed by atoms with Gasteiger partial charge in [-0.2, -0.15) is 0 Å². The molecule has 2 aliphatic heterocycles. The number of carbonyl (C=O) groups excluding carboxylic acids is 2. The Morgan fingerprint density at radius 2 is 2.00 bits per heavy atom. The minimum absolute atomic E-state index is 0.0820. The number of aryl methyl sites for hydroxylation is 1. The summed E-state index contributed by atoms with van der Waals surface area (Å²) in [5, 5.41) is 0. The van der Waals surface area contributed by atoms with Crippen LogP contribution in [0.15, 0.2) is 30.7 Å². The number of fused-ring (bicyclic) bond motifs is 2. The van der Waals surface area contributed by atoms with Crippen molar-refractivity contribution in [1.29, 1.82) is 0 Å². The van der Waals surface area contributed by atoms with E-state index in [0.717, 1.165) is 36.3 Å². The molecule has 0 atom stereocenters. The van der Waals surface area contributed by atoms with Crippen LogP contribution in [0.4, 0.5) is 0 Å². The van der Waals surface area contributed by atoms with Crippen LogP contribution in [-0.4, -0.2) is 56.2 Å². The predicted octanol–water partition coefficient (Wildman–Crippen LogP) is 1.66. The zero-order valence-electron chi connectivity index (χ0n) is 15.6. The summed E-state index contributed by atoms with van der Waals surface area (Å²) in [7, 11) is 0. The van der Waals surface area contributed by atoms with Gasteiger partial charge in [0.2, 0.25) is 11.8 Å². The predicted molar refractivity (Wildman–Crippen MR) is 99.7 cm³/mol. The Bertz CT molecular complexity index is 824. The van der Waals surface area contributed by atoms with Gasteiger partial charge in [0.15, 0.2) is 0 Å². The van der Waals surface area contributed by atoms with E-state index in [1.807, 2.05) is 28.0 Å². The van der Waals surface area contributed by atoms with E-state index in [9.17, 15) is 9.59 Å². The van der Waals surface area contributed by atoms with Crippen molar-refractivity contribution in [2.75, 3.05) is 19.6 Å². The molecule has 1 N–H and O–H groups in total. The van der Waals surface area contributed by atoms with Crippen LogP contribution in [0, 0.1) is 0 Å². The highest BCUT2D eigenvalue weighted by atomic mass is 16.2. The molecule has 1 saturated heterocycles. The highest BCUT2D eigenvalue weighted by Gasteiger charge is 2.48. The van der Waals surface area contributed by atoms with Gasteiger partial charge in [0, 0.05) is 57.0 Å². The van der Waals surface area contributed by atoms with E-state index in [0.29, 0.717) is 32.5 Å². The van der Waals surface area contributed by atoms with Gasteiger partial charge < -0.3 is 14.8 Å². The molecule has 27 heavy (non-hydrogen) atoms. The van der Waals surface area contributed by atoms with E-state index >= 15 is 0 Å². The number of aromatic nitrogens is 3. The Kier molecular flexibility index (Phi) is 4.68. The number of imidazole rings is 1. The first-order valence-electron chi connectivity index (χ1n) is 9.59. The number of nitrogens with zero attached hydrogens (tertiary/aromatic N) is 4. The largest absolute Gasteiger partial charge is 0.348 e. The minimum Gasteiger partial charge on any atom is -0.348 e. The number of likely N-dealkylation sites (tertiary alicyclic amines) is 1. The maximum absolute atomic E-state index is 12.6. The third kappa shape index (κ3) is 3.22. The molecule has 4 heterocycles. The number of piperidine rings is 1. The van der Waals surface area contributed by atoms with Gasteiger partial charge in [-0.15, -0.1) is 0 Å². The number of nitrogens with one attached hydrogen (secondary N) is 1. The Hall–Kier alpha value is -2.70. The Balaban J connectivity index is 1.44. The second kappa shape index (κ2) is 7.13. The summed E-state index contributed by atoms with van der Waals surface area (Å²) in [4.78, 5) is 40.9. The molecule has 0 aromatic carbocycles. The van der Waals surface area contributed by atoms with Crippen LogP contribution >= 0.6 is 0 Å². The van der Waals surface area contributed by atoms with E-state index in [2.05, 4.69) is 15.0 Å². The lowest BCUT2D eigenvalue weighted by atomic mass is 9.78. The summed E-state index contributed by atoms with van der Waals surface area (Å²) in [5.41, 5.74) is 2.68. The standard InChI is InChI=1S/C20H25N5O2/c1-15(26)25-11-7-17-19(23-14-22-17)20(25)8-12-24(13-9-20)18(27)6-5-16-4-2-3-10-21-16/h2-4,10,14H,5-9,11-13H2,1H3,(H,22,23). The number of aromatic amines is 1. The van der Waals surface area contributed by atoms with Gasteiger partial charge in [-0.25, -0.2) is 4.98 Å². The van der Waals surface area contributed by atoms with Crippen LogP contribution in [0.3, 0.4) is 0 Å². The van der Waals surface area contributed by atoms with Gasteiger partial charge in [-0.3, -0.25) is 14.6 Å². The summed E-state index contributed by atoms with van der Waals surface area (Å²) >= 11 is 0.